The molecule has 0 amide bonds. The van der Waals surface area contributed by atoms with Gasteiger partial charge in [-0.3, -0.25) is 0 Å². The monoisotopic (exact) mass is 242 g/mol. The smallest absolute Gasteiger partial charge is 0.0712 e. The molecule has 1 aliphatic heterocycles. The number of hydrogen-bond acceptors (Lipinski definition) is 3. The van der Waals surface area contributed by atoms with E-state index in [0.717, 1.165) is 32.7 Å². The van der Waals surface area contributed by atoms with Gasteiger partial charge in [-0.15, -0.1) is 0 Å². The lowest BCUT2D eigenvalue weighted by Gasteiger charge is -2.23. The summed E-state index contributed by atoms with van der Waals surface area (Å²) in [6, 6.07) is 0. The Hall–Kier alpha value is -0.120. The topological polar surface area (TPSA) is 33.3 Å². The number of unbranched alkanes of at least 4 members (excludes halogenated alkanes) is 5. The molecule has 0 spiro atoms. The molecule has 1 aliphatic rings. The van der Waals surface area contributed by atoms with Crippen molar-refractivity contribution in [2.75, 3.05) is 32.8 Å². The van der Waals surface area contributed by atoms with Crippen LogP contribution in [0.4, 0.5) is 0 Å². The minimum absolute atomic E-state index is 0.431. The molecule has 1 atom stereocenters. The van der Waals surface area contributed by atoms with Crippen LogP contribution in [0.25, 0.3) is 0 Å². The van der Waals surface area contributed by atoms with Crippen LogP contribution >= 0.6 is 0 Å². The highest BCUT2D eigenvalue weighted by Gasteiger charge is 2.11. The average Bonchev–Trinajstić information content (AvgIpc) is 2.38. The summed E-state index contributed by atoms with van der Waals surface area (Å²) in [6.07, 6.45) is 9.85. The van der Waals surface area contributed by atoms with Gasteiger partial charge in [0.05, 0.1) is 12.7 Å². The first-order chi connectivity index (χ1) is 8.43. The fourth-order valence-corrected chi connectivity index (χ4v) is 2.22. The van der Waals surface area contributed by atoms with Gasteiger partial charge in [0.15, 0.2) is 0 Å². The van der Waals surface area contributed by atoms with E-state index in [0.29, 0.717) is 6.10 Å². The van der Waals surface area contributed by atoms with Crippen LogP contribution in [0.2, 0.25) is 0 Å². The highest BCUT2D eigenvalue weighted by molar-refractivity contribution is 4.67. The maximum atomic E-state index is 5.65. The molecule has 0 aliphatic carbocycles. The Morgan fingerprint density at radius 1 is 1.12 bits per heavy atom. The van der Waals surface area contributed by atoms with Crippen LogP contribution in [-0.4, -0.2) is 38.9 Å². The summed E-state index contributed by atoms with van der Waals surface area (Å²) in [7, 11) is 0. The van der Waals surface area contributed by atoms with Crippen LogP contribution in [0, 0.1) is 0 Å². The van der Waals surface area contributed by atoms with E-state index in [4.69, 9.17) is 4.74 Å². The van der Waals surface area contributed by atoms with E-state index in [9.17, 15) is 0 Å². The van der Waals surface area contributed by atoms with Crippen LogP contribution in [0.1, 0.15) is 51.9 Å². The van der Waals surface area contributed by atoms with Crippen molar-refractivity contribution in [1.82, 2.24) is 10.6 Å². The van der Waals surface area contributed by atoms with Gasteiger partial charge in [-0.25, -0.2) is 0 Å². The molecule has 2 N–H and O–H groups in total. The van der Waals surface area contributed by atoms with Crippen molar-refractivity contribution in [2.45, 2.75) is 58.0 Å². The van der Waals surface area contributed by atoms with E-state index >= 15 is 0 Å². The zero-order valence-electron chi connectivity index (χ0n) is 11.5. The second-order valence-corrected chi connectivity index (χ2v) is 5.00. The second kappa shape index (κ2) is 11.0. The standard InChI is InChI=1S/C14H30N2O/c1-2-3-4-5-6-7-9-15-10-8-14-13-16-11-12-17-14/h14-16H,2-13H2,1H3. The number of nitrogens with one attached hydrogen (secondary N) is 2. The molecule has 0 aromatic carbocycles. The Kier molecular flexibility index (Phi) is 9.66. The first-order valence-electron chi connectivity index (χ1n) is 7.46. The van der Waals surface area contributed by atoms with E-state index < -0.39 is 0 Å². The van der Waals surface area contributed by atoms with E-state index in [1.54, 1.807) is 0 Å². The molecule has 102 valence electrons. The van der Waals surface area contributed by atoms with Crippen LogP contribution in [0.15, 0.2) is 0 Å². The maximum absolute atomic E-state index is 5.65. The van der Waals surface area contributed by atoms with Gasteiger partial charge >= 0.3 is 0 Å². The first-order valence-corrected chi connectivity index (χ1v) is 7.46. The van der Waals surface area contributed by atoms with Crippen molar-refractivity contribution < 1.29 is 4.74 Å². The molecule has 3 nitrogen and oxygen atoms in total. The van der Waals surface area contributed by atoms with Gasteiger partial charge in [-0.05, 0) is 25.9 Å². The Bertz CT molecular complexity index is 158. The SMILES string of the molecule is CCCCCCCCNCCC1CNCCO1. The molecule has 0 saturated carbocycles. The molecule has 3 heteroatoms. The Balaban J connectivity index is 1.75. The Morgan fingerprint density at radius 2 is 1.94 bits per heavy atom. The summed E-state index contributed by atoms with van der Waals surface area (Å²) in [5, 5.41) is 6.88. The molecular weight excluding hydrogens is 212 g/mol. The molecule has 0 aromatic rings. The lowest BCUT2D eigenvalue weighted by molar-refractivity contribution is 0.0239. The average molecular weight is 242 g/mol. The molecular formula is C14H30N2O. The largest absolute Gasteiger partial charge is 0.376 e. The molecule has 1 saturated heterocycles. The van der Waals surface area contributed by atoms with Gasteiger partial charge in [-0.2, -0.15) is 0 Å². The zero-order valence-corrected chi connectivity index (χ0v) is 11.5. The van der Waals surface area contributed by atoms with Crippen molar-refractivity contribution in [3.05, 3.63) is 0 Å². The number of morpholine rings is 1. The first kappa shape index (κ1) is 14.9. The highest BCUT2D eigenvalue weighted by atomic mass is 16.5. The lowest BCUT2D eigenvalue weighted by Crippen LogP contribution is -2.40. The lowest BCUT2D eigenvalue weighted by atomic mass is 10.1. The summed E-state index contributed by atoms with van der Waals surface area (Å²) in [6.45, 7) is 7.46. The molecule has 1 unspecified atom stereocenters. The van der Waals surface area contributed by atoms with Gasteiger partial charge in [0.1, 0.15) is 0 Å². The number of rotatable bonds is 10. The molecule has 0 aromatic heterocycles. The van der Waals surface area contributed by atoms with Crippen molar-refractivity contribution in [1.29, 1.82) is 0 Å². The Morgan fingerprint density at radius 3 is 2.71 bits per heavy atom. The minimum atomic E-state index is 0.431. The number of hydrogen-bond donors (Lipinski definition) is 2. The van der Waals surface area contributed by atoms with Crippen LogP contribution in [0.3, 0.4) is 0 Å². The van der Waals surface area contributed by atoms with E-state index in [2.05, 4.69) is 17.6 Å². The summed E-state index contributed by atoms with van der Waals surface area (Å²) >= 11 is 0. The van der Waals surface area contributed by atoms with Crippen LogP contribution in [-0.2, 0) is 4.74 Å². The normalized spacial score (nSPS) is 20.6. The van der Waals surface area contributed by atoms with Crippen LogP contribution in [0.5, 0.6) is 0 Å². The molecule has 17 heavy (non-hydrogen) atoms. The summed E-state index contributed by atoms with van der Waals surface area (Å²) in [5.41, 5.74) is 0. The van der Waals surface area contributed by atoms with Gasteiger partial charge in [0.2, 0.25) is 0 Å². The third-order valence-electron chi connectivity index (χ3n) is 3.35. The van der Waals surface area contributed by atoms with Gasteiger partial charge in [-0.1, -0.05) is 39.0 Å². The molecule has 0 bridgehead atoms. The number of ether oxygens (including phenoxy) is 1. The predicted octanol–water partition coefficient (Wildman–Crippen LogP) is 2.32. The third-order valence-corrected chi connectivity index (χ3v) is 3.35. The molecule has 0 radical (unpaired) electrons. The molecule has 1 heterocycles. The fourth-order valence-electron chi connectivity index (χ4n) is 2.22. The Labute approximate surface area is 107 Å². The van der Waals surface area contributed by atoms with Crippen molar-refractivity contribution in [3.63, 3.8) is 0 Å². The second-order valence-electron chi connectivity index (χ2n) is 5.00. The van der Waals surface area contributed by atoms with E-state index in [1.165, 1.54) is 45.1 Å². The van der Waals surface area contributed by atoms with Gasteiger partial charge < -0.3 is 15.4 Å². The van der Waals surface area contributed by atoms with Crippen molar-refractivity contribution in [2.24, 2.45) is 0 Å². The van der Waals surface area contributed by atoms with Crippen molar-refractivity contribution >= 4 is 0 Å². The van der Waals surface area contributed by atoms with E-state index in [-0.39, 0.29) is 0 Å². The van der Waals surface area contributed by atoms with E-state index in [1.807, 2.05) is 0 Å². The predicted molar refractivity (Wildman–Crippen MR) is 73.5 cm³/mol. The quantitative estimate of drug-likeness (QED) is 0.577. The molecule has 1 fully saturated rings. The fraction of sp³-hybridized carbons (Fsp3) is 1.00. The molecule has 1 rings (SSSR count). The maximum Gasteiger partial charge on any atom is 0.0712 e. The third kappa shape index (κ3) is 8.58. The van der Waals surface area contributed by atoms with Crippen molar-refractivity contribution in [3.8, 4) is 0 Å². The summed E-state index contributed by atoms with van der Waals surface area (Å²) < 4.78 is 5.65. The van der Waals surface area contributed by atoms with Crippen LogP contribution < -0.4 is 10.6 Å². The minimum Gasteiger partial charge on any atom is -0.376 e. The highest BCUT2D eigenvalue weighted by Crippen LogP contribution is 2.04. The zero-order chi connectivity index (χ0) is 12.2. The van der Waals surface area contributed by atoms with Gasteiger partial charge in [0, 0.05) is 13.1 Å². The van der Waals surface area contributed by atoms with Gasteiger partial charge in [0.25, 0.3) is 0 Å². The summed E-state index contributed by atoms with van der Waals surface area (Å²) in [5.74, 6) is 0. The summed E-state index contributed by atoms with van der Waals surface area (Å²) in [4.78, 5) is 0.